The van der Waals surface area contributed by atoms with E-state index in [1.807, 2.05) is 26.0 Å². The van der Waals surface area contributed by atoms with Gasteiger partial charge < -0.3 is 10.1 Å². The Kier molecular flexibility index (Phi) is 4.24. The lowest BCUT2D eigenvalue weighted by Crippen LogP contribution is -2.14. The van der Waals surface area contributed by atoms with Crippen LogP contribution < -0.4 is 10.1 Å². The standard InChI is InChI=1S/C17H17N5O2/c1-11-8-12(2)22(21-11)17-18-9-13(10-19-17)20-16(23)14-6-4-5-7-15(14)24-3/h4-10H,1-3H3,(H,20,23). The number of hydrogen-bond acceptors (Lipinski definition) is 5. The largest absolute Gasteiger partial charge is 0.496 e. The fourth-order valence-corrected chi connectivity index (χ4v) is 2.36. The summed E-state index contributed by atoms with van der Waals surface area (Å²) in [6.45, 7) is 3.84. The number of ether oxygens (including phenoxy) is 1. The zero-order valence-corrected chi connectivity index (χ0v) is 13.6. The normalized spacial score (nSPS) is 10.5. The summed E-state index contributed by atoms with van der Waals surface area (Å²) in [5, 5.41) is 7.09. The minimum atomic E-state index is -0.282. The van der Waals surface area contributed by atoms with E-state index < -0.39 is 0 Å². The molecule has 24 heavy (non-hydrogen) atoms. The fraction of sp³-hybridized carbons (Fsp3) is 0.176. The molecule has 3 rings (SSSR count). The van der Waals surface area contributed by atoms with Crippen molar-refractivity contribution in [2.45, 2.75) is 13.8 Å². The van der Waals surface area contributed by atoms with Crippen LogP contribution in [0.2, 0.25) is 0 Å². The van der Waals surface area contributed by atoms with Gasteiger partial charge in [0.1, 0.15) is 5.75 Å². The van der Waals surface area contributed by atoms with Crippen molar-refractivity contribution < 1.29 is 9.53 Å². The van der Waals surface area contributed by atoms with Gasteiger partial charge in [0.15, 0.2) is 0 Å². The van der Waals surface area contributed by atoms with Gasteiger partial charge in [-0.15, -0.1) is 0 Å². The number of nitrogens with one attached hydrogen (secondary N) is 1. The highest BCUT2D eigenvalue weighted by Gasteiger charge is 2.12. The van der Waals surface area contributed by atoms with Crippen LogP contribution in [-0.2, 0) is 0 Å². The summed E-state index contributed by atoms with van der Waals surface area (Å²) in [7, 11) is 1.53. The van der Waals surface area contributed by atoms with Gasteiger partial charge in [-0.25, -0.2) is 14.6 Å². The molecule has 0 aliphatic heterocycles. The SMILES string of the molecule is COc1ccccc1C(=O)Nc1cnc(-n2nc(C)cc2C)nc1. The molecule has 0 spiro atoms. The summed E-state index contributed by atoms with van der Waals surface area (Å²) < 4.78 is 6.85. The maximum Gasteiger partial charge on any atom is 0.259 e. The van der Waals surface area contributed by atoms with Crippen molar-refractivity contribution in [3.63, 3.8) is 0 Å². The summed E-state index contributed by atoms with van der Waals surface area (Å²) in [5.74, 6) is 0.681. The van der Waals surface area contributed by atoms with E-state index in [2.05, 4.69) is 20.4 Å². The number of methoxy groups -OCH3 is 1. The van der Waals surface area contributed by atoms with E-state index in [9.17, 15) is 4.79 Å². The molecular weight excluding hydrogens is 306 g/mol. The molecule has 0 saturated heterocycles. The van der Waals surface area contributed by atoms with Gasteiger partial charge in [-0.05, 0) is 32.0 Å². The Morgan fingerprint density at radius 2 is 1.88 bits per heavy atom. The summed E-state index contributed by atoms with van der Waals surface area (Å²) in [4.78, 5) is 20.9. The van der Waals surface area contributed by atoms with Crippen molar-refractivity contribution in [2.75, 3.05) is 12.4 Å². The molecule has 1 aromatic carbocycles. The zero-order chi connectivity index (χ0) is 17.1. The monoisotopic (exact) mass is 323 g/mol. The molecule has 0 aliphatic rings. The molecule has 3 aromatic rings. The van der Waals surface area contributed by atoms with E-state index in [4.69, 9.17) is 4.74 Å². The quantitative estimate of drug-likeness (QED) is 0.798. The van der Waals surface area contributed by atoms with Crippen molar-refractivity contribution >= 4 is 11.6 Å². The summed E-state index contributed by atoms with van der Waals surface area (Å²) in [6.07, 6.45) is 3.10. The second-order valence-corrected chi connectivity index (χ2v) is 5.27. The average Bonchev–Trinajstić information content (AvgIpc) is 2.94. The minimum Gasteiger partial charge on any atom is -0.496 e. The van der Waals surface area contributed by atoms with Crippen molar-refractivity contribution in [3.05, 3.63) is 59.7 Å². The molecule has 0 saturated carbocycles. The molecule has 0 radical (unpaired) electrons. The van der Waals surface area contributed by atoms with Gasteiger partial charge in [0.2, 0.25) is 0 Å². The van der Waals surface area contributed by atoms with Crippen LogP contribution in [-0.4, -0.2) is 32.8 Å². The third-order valence-electron chi connectivity index (χ3n) is 3.45. The van der Waals surface area contributed by atoms with Crippen LogP contribution in [0.4, 0.5) is 5.69 Å². The van der Waals surface area contributed by atoms with Crippen LogP contribution in [0.1, 0.15) is 21.7 Å². The lowest BCUT2D eigenvalue weighted by molar-refractivity contribution is 0.102. The number of para-hydroxylation sites is 1. The van der Waals surface area contributed by atoms with E-state index >= 15 is 0 Å². The van der Waals surface area contributed by atoms with Crippen molar-refractivity contribution in [3.8, 4) is 11.7 Å². The molecule has 0 atom stereocenters. The first-order valence-electron chi connectivity index (χ1n) is 7.38. The number of carbonyl (C=O) groups is 1. The molecule has 0 fully saturated rings. The van der Waals surface area contributed by atoms with E-state index in [0.717, 1.165) is 11.4 Å². The third-order valence-corrected chi connectivity index (χ3v) is 3.45. The molecule has 2 aromatic heterocycles. The lowest BCUT2D eigenvalue weighted by Gasteiger charge is -2.09. The molecular formula is C17H17N5O2. The Morgan fingerprint density at radius 1 is 1.17 bits per heavy atom. The Bertz CT molecular complexity index is 871. The van der Waals surface area contributed by atoms with Crippen molar-refractivity contribution in [2.24, 2.45) is 0 Å². The van der Waals surface area contributed by atoms with E-state index in [1.165, 1.54) is 7.11 Å². The Balaban J connectivity index is 1.79. The summed E-state index contributed by atoms with van der Waals surface area (Å²) in [6, 6.07) is 8.96. The number of aromatic nitrogens is 4. The molecule has 7 nitrogen and oxygen atoms in total. The van der Waals surface area contributed by atoms with Crippen LogP contribution in [0, 0.1) is 13.8 Å². The lowest BCUT2D eigenvalue weighted by atomic mass is 10.2. The number of anilines is 1. The molecule has 1 amide bonds. The summed E-state index contributed by atoms with van der Waals surface area (Å²) in [5.41, 5.74) is 2.78. The van der Waals surface area contributed by atoms with Crippen molar-refractivity contribution in [1.29, 1.82) is 0 Å². The number of carbonyl (C=O) groups excluding carboxylic acids is 1. The average molecular weight is 323 g/mol. The van der Waals surface area contributed by atoms with Gasteiger partial charge in [-0.3, -0.25) is 4.79 Å². The first kappa shape index (κ1) is 15.7. The van der Waals surface area contributed by atoms with Crippen LogP contribution in [0.15, 0.2) is 42.7 Å². The maximum atomic E-state index is 12.3. The van der Waals surface area contributed by atoms with Gasteiger partial charge in [-0.2, -0.15) is 5.10 Å². The molecule has 2 heterocycles. The zero-order valence-electron chi connectivity index (χ0n) is 13.6. The molecule has 0 aliphatic carbocycles. The molecule has 7 heteroatoms. The number of nitrogens with zero attached hydrogens (tertiary/aromatic N) is 4. The highest BCUT2D eigenvalue weighted by Crippen LogP contribution is 2.19. The molecule has 122 valence electrons. The Labute approximate surface area is 139 Å². The van der Waals surface area contributed by atoms with Crippen molar-refractivity contribution in [1.82, 2.24) is 19.7 Å². The number of benzene rings is 1. The summed E-state index contributed by atoms with van der Waals surface area (Å²) >= 11 is 0. The molecule has 0 bridgehead atoms. The van der Waals surface area contributed by atoms with Gasteiger partial charge in [0.05, 0.1) is 36.4 Å². The highest BCUT2D eigenvalue weighted by atomic mass is 16.5. The molecule has 1 N–H and O–H groups in total. The van der Waals surface area contributed by atoms with Crippen LogP contribution in [0.5, 0.6) is 5.75 Å². The van der Waals surface area contributed by atoms with E-state index in [-0.39, 0.29) is 5.91 Å². The van der Waals surface area contributed by atoms with Crippen LogP contribution in [0.3, 0.4) is 0 Å². The van der Waals surface area contributed by atoms with E-state index in [0.29, 0.717) is 22.9 Å². The number of amides is 1. The smallest absolute Gasteiger partial charge is 0.259 e. The van der Waals surface area contributed by atoms with Crippen LogP contribution >= 0.6 is 0 Å². The molecule has 0 unspecified atom stereocenters. The fourth-order valence-electron chi connectivity index (χ4n) is 2.36. The predicted molar refractivity (Wildman–Crippen MR) is 89.6 cm³/mol. The Morgan fingerprint density at radius 3 is 2.50 bits per heavy atom. The third kappa shape index (κ3) is 3.10. The predicted octanol–water partition coefficient (Wildman–Crippen LogP) is 2.54. The van der Waals surface area contributed by atoms with Crippen LogP contribution in [0.25, 0.3) is 5.95 Å². The van der Waals surface area contributed by atoms with Gasteiger partial charge in [-0.1, -0.05) is 12.1 Å². The number of hydrogen-bond donors (Lipinski definition) is 1. The first-order chi connectivity index (χ1) is 11.6. The number of rotatable bonds is 4. The first-order valence-corrected chi connectivity index (χ1v) is 7.38. The Hall–Kier alpha value is -3.22. The van der Waals surface area contributed by atoms with Gasteiger partial charge in [0.25, 0.3) is 11.9 Å². The topological polar surface area (TPSA) is 81.9 Å². The second kappa shape index (κ2) is 6.49. The van der Waals surface area contributed by atoms with Gasteiger partial charge in [0, 0.05) is 5.69 Å². The van der Waals surface area contributed by atoms with E-state index in [1.54, 1.807) is 35.3 Å². The van der Waals surface area contributed by atoms with Gasteiger partial charge >= 0.3 is 0 Å². The minimum absolute atomic E-state index is 0.282. The number of aryl methyl sites for hydroxylation is 2. The maximum absolute atomic E-state index is 12.3. The second-order valence-electron chi connectivity index (χ2n) is 5.27. The highest BCUT2D eigenvalue weighted by molar-refractivity contribution is 6.06.